The van der Waals surface area contributed by atoms with Crippen molar-refractivity contribution in [1.29, 1.82) is 0 Å². The molecule has 0 saturated carbocycles. The van der Waals surface area contributed by atoms with Crippen molar-refractivity contribution in [1.82, 2.24) is 5.32 Å². The van der Waals surface area contributed by atoms with Gasteiger partial charge in [-0.25, -0.2) is 0 Å². The van der Waals surface area contributed by atoms with Gasteiger partial charge < -0.3 is 10.1 Å². The van der Waals surface area contributed by atoms with Gasteiger partial charge in [0.05, 0.1) is 13.2 Å². The van der Waals surface area contributed by atoms with Crippen molar-refractivity contribution in [3.63, 3.8) is 0 Å². The third-order valence-corrected chi connectivity index (χ3v) is 4.45. The summed E-state index contributed by atoms with van der Waals surface area (Å²) in [6.45, 7) is 8.63. The molecule has 1 amide bonds. The van der Waals surface area contributed by atoms with Crippen LogP contribution in [0.4, 0.5) is 0 Å². The van der Waals surface area contributed by atoms with E-state index in [2.05, 4.69) is 50.4 Å². The van der Waals surface area contributed by atoms with Crippen molar-refractivity contribution in [2.75, 3.05) is 7.11 Å². The van der Waals surface area contributed by atoms with Gasteiger partial charge in [0.15, 0.2) is 0 Å². The van der Waals surface area contributed by atoms with Gasteiger partial charge in [-0.3, -0.25) is 4.79 Å². The minimum atomic E-state index is 0.0115. The highest BCUT2D eigenvalue weighted by Crippen LogP contribution is 2.24. The molecule has 2 aromatic carbocycles. The predicted octanol–water partition coefficient (Wildman–Crippen LogP) is 4.80. The highest BCUT2D eigenvalue weighted by molar-refractivity contribution is 5.76. The first-order chi connectivity index (χ1) is 11.8. The first kappa shape index (κ1) is 19.0. The molecule has 0 aromatic heterocycles. The molecule has 2 rings (SSSR count). The number of ether oxygens (including phenoxy) is 1. The molecule has 134 valence electrons. The van der Waals surface area contributed by atoms with Crippen molar-refractivity contribution < 1.29 is 9.53 Å². The molecule has 0 aliphatic heterocycles. The highest BCUT2D eigenvalue weighted by Gasteiger charge is 2.15. The van der Waals surface area contributed by atoms with Crippen molar-refractivity contribution in [3.8, 4) is 5.75 Å². The molecule has 2 aromatic rings. The first-order valence-corrected chi connectivity index (χ1v) is 8.82. The van der Waals surface area contributed by atoms with Gasteiger partial charge in [0.1, 0.15) is 5.75 Å². The van der Waals surface area contributed by atoms with Gasteiger partial charge >= 0.3 is 0 Å². The summed E-state index contributed by atoms with van der Waals surface area (Å²) in [5.41, 5.74) is 3.71. The van der Waals surface area contributed by atoms with E-state index in [1.54, 1.807) is 7.11 Å². The molecule has 0 bridgehead atoms. The maximum absolute atomic E-state index is 12.2. The monoisotopic (exact) mass is 339 g/mol. The van der Waals surface area contributed by atoms with Gasteiger partial charge in [-0.1, -0.05) is 57.2 Å². The molecular formula is C22H29NO2. The van der Waals surface area contributed by atoms with Gasteiger partial charge in [0, 0.05) is 6.42 Å². The van der Waals surface area contributed by atoms with E-state index in [4.69, 9.17) is 4.74 Å². The van der Waals surface area contributed by atoms with Gasteiger partial charge in [-0.2, -0.15) is 0 Å². The Kier molecular flexibility index (Phi) is 6.24. The molecule has 0 fully saturated rings. The lowest BCUT2D eigenvalue weighted by atomic mass is 9.86. The molecule has 1 atom stereocenters. The maximum atomic E-state index is 12.2. The van der Waals surface area contributed by atoms with Crippen LogP contribution in [0.5, 0.6) is 5.75 Å². The normalized spacial score (nSPS) is 12.5. The van der Waals surface area contributed by atoms with Crippen molar-refractivity contribution >= 4 is 5.91 Å². The summed E-state index contributed by atoms with van der Waals surface area (Å²) in [6, 6.07) is 16.4. The fraction of sp³-hybridized carbons (Fsp3) is 0.409. The SMILES string of the molecule is COc1ccc(CCC(=O)NC(C)c2ccc(C(C)(C)C)cc2)cc1. The summed E-state index contributed by atoms with van der Waals surface area (Å²) in [5.74, 6) is 0.906. The molecule has 0 aliphatic rings. The second-order valence-corrected chi connectivity index (χ2v) is 7.51. The van der Waals surface area contributed by atoms with Gasteiger partial charge in [0.25, 0.3) is 0 Å². The van der Waals surface area contributed by atoms with Crippen LogP contribution in [0, 0.1) is 0 Å². The largest absolute Gasteiger partial charge is 0.497 e. The fourth-order valence-corrected chi connectivity index (χ4v) is 2.72. The first-order valence-electron chi connectivity index (χ1n) is 8.82. The average molecular weight is 339 g/mol. The summed E-state index contributed by atoms with van der Waals surface area (Å²) in [5, 5.41) is 3.08. The number of hydrogen-bond donors (Lipinski definition) is 1. The number of hydrogen-bond acceptors (Lipinski definition) is 2. The Morgan fingerprint density at radius 2 is 1.64 bits per heavy atom. The Balaban J connectivity index is 1.86. The number of amides is 1. The average Bonchev–Trinajstić information content (AvgIpc) is 2.59. The molecule has 0 spiro atoms. The second-order valence-electron chi connectivity index (χ2n) is 7.51. The highest BCUT2D eigenvalue weighted by atomic mass is 16.5. The van der Waals surface area contributed by atoms with E-state index in [1.807, 2.05) is 31.2 Å². The number of carbonyl (C=O) groups excluding carboxylic acids is 1. The zero-order valence-corrected chi connectivity index (χ0v) is 15.9. The molecule has 0 heterocycles. The van der Waals surface area contributed by atoms with Crippen LogP contribution in [-0.2, 0) is 16.6 Å². The van der Waals surface area contributed by atoms with E-state index in [-0.39, 0.29) is 17.4 Å². The number of nitrogens with one attached hydrogen (secondary N) is 1. The van der Waals surface area contributed by atoms with Crippen LogP contribution in [0.1, 0.15) is 56.8 Å². The summed E-state index contributed by atoms with van der Waals surface area (Å²) < 4.78 is 5.15. The van der Waals surface area contributed by atoms with E-state index < -0.39 is 0 Å². The maximum Gasteiger partial charge on any atom is 0.220 e. The van der Waals surface area contributed by atoms with E-state index >= 15 is 0 Å². The molecule has 0 saturated heterocycles. The van der Waals surface area contributed by atoms with Gasteiger partial charge in [-0.15, -0.1) is 0 Å². The zero-order chi connectivity index (χ0) is 18.4. The number of rotatable bonds is 6. The lowest BCUT2D eigenvalue weighted by Crippen LogP contribution is -2.26. The van der Waals surface area contributed by atoms with Crippen LogP contribution in [0.15, 0.2) is 48.5 Å². The number of aryl methyl sites for hydroxylation is 1. The number of benzene rings is 2. The Hall–Kier alpha value is -2.29. The number of methoxy groups -OCH3 is 1. The third-order valence-electron chi connectivity index (χ3n) is 4.45. The topological polar surface area (TPSA) is 38.3 Å². The quantitative estimate of drug-likeness (QED) is 0.821. The van der Waals surface area contributed by atoms with Crippen molar-refractivity contribution in [2.45, 2.75) is 52.0 Å². The van der Waals surface area contributed by atoms with Crippen LogP contribution in [-0.4, -0.2) is 13.0 Å². The summed E-state index contributed by atoms with van der Waals surface area (Å²) >= 11 is 0. The Labute approximate surface area is 151 Å². The molecular weight excluding hydrogens is 310 g/mol. The number of carbonyl (C=O) groups is 1. The predicted molar refractivity (Wildman–Crippen MR) is 103 cm³/mol. The lowest BCUT2D eigenvalue weighted by Gasteiger charge is -2.20. The van der Waals surface area contributed by atoms with Gasteiger partial charge in [-0.05, 0) is 47.6 Å². The molecule has 3 heteroatoms. The summed E-state index contributed by atoms with van der Waals surface area (Å²) in [7, 11) is 1.65. The smallest absolute Gasteiger partial charge is 0.220 e. The Bertz CT molecular complexity index is 681. The van der Waals surface area contributed by atoms with Gasteiger partial charge in [0.2, 0.25) is 5.91 Å². The van der Waals surface area contributed by atoms with E-state index in [0.29, 0.717) is 6.42 Å². The minimum absolute atomic E-state index is 0.0115. The summed E-state index contributed by atoms with van der Waals surface area (Å²) in [6.07, 6.45) is 1.21. The van der Waals surface area contributed by atoms with Crippen LogP contribution in [0.25, 0.3) is 0 Å². The molecule has 0 aliphatic carbocycles. The minimum Gasteiger partial charge on any atom is -0.497 e. The lowest BCUT2D eigenvalue weighted by molar-refractivity contribution is -0.121. The molecule has 25 heavy (non-hydrogen) atoms. The van der Waals surface area contributed by atoms with Crippen LogP contribution in [0.3, 0.4) is 0 Å². The zero-order valence-electron chi connectivity index (χ0n) is 15.9. The standard InChI is InChI=1S/C22H29NO2/c1-16(18-9-11-19(12-10-18)22(2,3)4)23-21(24)15-8-17-6-13-20(25-5)14-7-17/h6-7,9-14,16H,8,15H2,1-5H3,(H,23,24). The van der Waals surface area contributed by atoms with E-state index in [9.17, 15) is 4.79 Å². The second kappa shape index (κ2) is 8.19. The van der Waals surface area contributed by atoms with Crippen molar-refractivity contribution in [2.24, 2.45) is 0 Å². The third kappa shape index (κ3) is 5.63. The van der Waals surface area contributed by atoms with Crippen molar-refractivity contribution in [3.05, 3.63) is 65.2 Å². The molecule has 0 radical (unpaired) electrons. The van der Waals surface area contributed by atoms with Crippen LogP contribution >= 0.6 is 0 Å². The van der Waals surface area contributed by atoms with Crippen LogP contribution in [0.2, 0.25) is 0 Å². The summed E-state index contributed by atoms with van der Waals surface area (Å²) in [4.78, 5) is 12.2. The van der Waals surface area contributed by atoms with E-state index in [1.165, 1.54) is 5.56 Å². The Morgan fingerprint density at radius 1 is 1.04 bits per heavy atom. The fourth-order valence-electron chi connectivity index (χ4n) is 2.72. The molecule has 1 N–H and O–H groups in total. The van der Waals surface area contributed by atoms with Crippen LogP contribution < -0.4 is 10.1 Å². The molecule has 1 unspecified atom stereocenters. The molecule has 3 nitrogen and oxygen atoms in total. The Morgan fingerprint density at radius 3 is 2.16 bits per heavy atom. The van der Waals surface area contributed by atoms with E-state index in [0.717, 1.165) is 23.3 Å².